The Kier molecular flexibility index (Phi) is 14.0. The number of nitrogens with zero attached hydrogens (tertiary/aromatic N) is 3. The minimum atomic E-state index is -0.680. The van der Waals surface area contributed by atoms with Crippen molar-refractivity contribution in [2.24, 2.45) is 0 Å². The standard InChI is InChI=1S/C92H79N3/c1-88(2,3)62-36-48-71(49-37-62)93(69-24-12-10-13-25-69)73-54-42-65(43-55-73)91(82-32-20-16-28-76(82)77-29-17-21-33-83(77)91)67-46-58-86-80(60-67)81-61-68(47-59-87(81)95(86)75-52-40-64(41-53-75)90(7,8)9)92(84-34-22-18-30-78(84)79-31-19-23-35-85(79)92)66-44-56-74(57-45-66)94(70-26-14-11-15-27-70)72-50-38-63(39-51-72)89(4,5)6/h10-61H,1-9H3. The lowest BCUT2D eigenvalue weighted by Gasteiger charge is -2.35. The second-order valence-corrected chi connectivity index (χ2v) is 29.3. The Morgan fingerprint density at radius 3 is 0.800 bits per heavy atom. The SMILES string of the molecule is CC(C)(C)c1ccc(N(c2ccccc2)c2ccc(C3(c4ccc5c(c4)c4cc(C6(c7ccc(N(c8ccccc8)c8ccc(C(C)(C)C)cc8)cc7)c7ccccc7-c7ccccc76)ccc4n5-c4ccc(C(C)(C)C)cc4)c4ccccc4-c4ccccc43)cc2)cc1. The maximum absolute atomic E-state index is 2.56. The topological polar surface area (TPSA) is 11.4 Å². The van der Waals surface area contributed by atoms with E-state index in [1.54, 1.807) is 0 Å². The Hall–Kier alpha value is -10.7. The van der Waals surface area contributed by atoms with E-state index in [0.717, 1.165) is 50.8 Å². The van der Waals surface area contributed by atoms with Crippen molar-refractivity contribution in [3.05, 3.63) is 377 Å². The first kappa shape index (κ1) is 59.3. The Labute approximate surface area is 560 Å². The quantitative estimate of drug-likeness (QED) is 0.128. The van der Waals surface area contributed by atoms with Gasteiger partial charge in [-0.25, -0.2) is 0 Å². The number of anilines is 6. The summed E-state index contributed by atoms with van der Waals surface area (Å²) in [6, 6.07) is 120. The van der Waals surface area contributed by atoms with Crippen LogP contribution >= 0.6 is 0 Å². The van der Waals surface area contributed by atoms with Gasteiger partial charge in [-0.3, -0.25) is 0 Å². The molecule has 14 aromatic rings. The molecule has 0 unspecified atom stereocenters. The van der Waals surface area contributed by atoms with Crippen molar-refractivity contribution in [2.75, 3.05) is 9.80 Å². The summed E-state index contributed by atoms with van der Waals surface area (Å²) < 4.78 is 2.51. The summed E-state index contributed by atoms with van der Waals surface area (Å²) in [5.41, 5.74) is 27.8. The number of hydrogen-bond acceptors (Lipinski definition) is 2. The highest BCUT2D eigenvalue weighted by Gasteiger charge is 2.48. The zero-order valence-corrected chi connectivity index (χ0v) is 55.9. The van der Waals surface area contributed by atoms with Gasteiger partial charge >= 0.3 is 0 Å². The van der Waals surface area contributed by atoms with Gasteiger partial charge in [-0.05, 0) is 209 Å². The smallest absolute Gasteiger partial charge is 0.0713 e. The van der Waals surface area contributed by atoms with Gasteiger partial charge in [0.2, 0.25) is 0 Å². The summed E-state index contributed by atoms with van der Waals surface area (Å²) in [7, 11) is 0. The molecule has 95 heavy (non-hydrogen) atoms. The van der Waals surface area contributed by atoms with Crippen LogP contribution in [0.3, 0.4) is 0 Å². The average molecular weight is 1230 g/mol. The number of hydrogen-bond donors (Lipinski definition) is 0. The zero-order chi connectivity index (χ0) is 65.0. The number of aromatic nitrogens is 1. The van der Waals surface area contributed by atoms with E-state index in [1.807, 2.05) is 0 Å². The molecule has 13 aromatic carbocycles. The second kappa shape index (κ2) is 22.5. The molecule has 0 amide bonds. The van der Waals surface area contributed by atoms with Gasteiger partial charge in [-0.15, -0.1) is 0 Å². The van der Waals surface area contributed by atoms with E-state index in [4.69, 9.17) is 0 Å². The number of benzene rings is 13. The molecule has 0 saturated heterocycles. The fourth-order valence-corrected chi connectivity index (χ4v) is 15.9. The van der Waals surface area contributed by atoms with Crippen LogP contribution in [-0.4, -0.2) is 4.57 Å². The molecular weight excluding hydrogens is 1150 g/mol. The van der Waals surface area contributed by atoms with E-state index in [0.29, 0.717) is 0 Å². The molecule has 3 heteroatoms. The Morgan fingerprint density at radius 1 is 0.242 bits per heavy atom. The minimum absolute atomic E-state index is 0.000997. The highest BCUT2D eigenvalue weighted by molar-refractivity contribution is 6.10. The fraction of sp³-hybridized carbons (Fsp3) is 0.152. The summed E-state index contributed by atoms with van der Waals surface area (Å²) in [5.74, 6) is 0. The van der Waals surface area contributed by atoms with Crippen LogP contribution in [0.2, 0.25) is 0 Å². The molecule has 1 aromatic heterocycles. The number of para-hydroxylation sites is 2. The van der Waals surface area contributed by atoms with Crippen molar-refractivity contribution in [1.29, 1.82) is 0 Å². The second-order valence-electron chi connectivity index (χ2n) is 29.3. The molecule has 16 rings (SSSR count). The molecule has 0 N–H and O–H groups in total. The van der Waals surface area contributed by atoms with Gasteiger partial charge in [0.1, 0.15) is 0 Å². The predicted molar refractivity (Wildman–Crippen MR) is 401 cm³/mol. The van der Waals surface area contributed by atoms with Crippen molar-refractivity contribution in [2.45, 2.75) is 89.4 Å². The summed E-state index contributed by atoms with van der Waals surface area (Å²) in [4.78, 5) is 4.78. The first-order chi connectivity index (χ1) is 46.0. The molecule has 462 valence electrons. The molecule has 0 fully saturated rings. The molecule has 2 aliphatic rings. The van der Waals surface area contributed by atoms with E-state index in [2.05, 4.69) is 392 Å². The molecule has 0 atom stereocenters. The highest BCUT2D eigenvalue weighted by atomic mass is 15.1. The highest BCUT2D eigenvalue weighted by Crippen LogP contribution is 2.59. The van der Waals surface area contributed by atoms with Gasteiger partial charge in [0.25, 0.3) is 0 Å². The van der Waals surface area contributed by atoms with Gasteiger partial charge in [-0.1, -0.05) is 269 Å². The summed E-state index contributed by atoms with van der Waals surface area (Å²) >= 11 is 0. The molecule has 1 heterocycles. The molecular formula is C92H79N3. The summed E-state index contributed by atoms with van der Waals surface area (Å²) in [5, 5.41) is 2.40. The van der Waals surface area contributed by atoms with Crippen molar-refractivity contribution in [3.8, 4) is 27.9 Å². The normalized spacial score (nSPS) is 13.7. The van der Waals surface area contributed by atoms with Crippen LogP contribution in [0.5, 0.6) is 0 Å². The Morgan fingerprint density at radius 2 is 0.495 bits per heavy atom. The van der Waals surface area contributed by atoms with Gasteiger partial charge in [0.15, 0.2) is 0 Å². The number of rotatable bonds is 11. The maximum atomic E-state index is 2.56. The van der Waals surface area contributed by atoms with Crippen molar-refractivity contribution in [1.82, 2.24) is 4.57 Å². The predicted octanol–water partition coefficient (Wildman–Crippen LogP) is 24.3. The van der Waals surface area contributed by atoms with Crippen molar-refractivity contribution >= 4 is 55.9 Å². The summed E-state index contributed by atoms with van der Waals surface area (Å²) in [6.07, 6.45) is 0. The molecule has 0 radical (unpaired) electrons. The van der Waals surface area contributed by atoms with Crippen LogP contribution in [-0.2, 0) is 27.1 Å². The molecule has 3 nitrogen and oxygen atoms in total. The largest absolute Gasteiger partial charge is 0.311 e. The minimum Gasteiger partial charge on any atom is -0.311 e. The summed E-state index contributed by atoms with van der Waals surface area (Å²) in [6.45, 7) is 20.6. The van der Waals surface area contributed by atoms with Gasteiger partial charge in [0, 0.05) is 50.6 Å². The van der Waals surface area contributed by atoms with Crippen molar-refractivity contribution in [3.63, 3.8) is 0 Å². The number of fused-ring (bicyclic) bond motifs is 9. The lowest BCUT2D eigenvalue weighted by molar-refractivity contribution is 0.590. The fourth-order valence-electron chi connectivity index (χ4n) is 15.9. The molecule has 0 saturated carbocycles. The molecule has 0 aliphatic heterocycles. The lowest BCUT2D eigenvalue weighted by Crippen LogP contribution is -2.28. The van der Waals surface area contributed by atoms with E-state index in [1.165, 1.54) is 94.2 Å². The van der Waals surface area contributed by atoms with Crippen molar-refractivity contribution < 1.29 is 0 Å². The average Bonchev–Trinajstić information content (AvgIpc) is 1.55. The van der Waals surface area contributed by atoms with Gasteiger partial charge in [-0.2, -0.15) is 0 Å². The zero-order valence-electron chi connectivity index (χ0n) is 55.9. The lowest BCUT2D eigenvalue weighted by atomic mass is 9.67. The van der Waals surface area contributed by atoms with Crippen LogP contribution in [0.25, 0.3) is 49.7 Å². The van der Waals surface area contributed by atoms with Crippen LogP contribution in [0.1, 0.15) is 124 Å². The first-order valence-electron chi connectivity index (χ1n) is 33.7. The monoisotopic (exact) mass is 1230 g/mol. The molecule has 0 spiro atoms. The Balaban J connectivity index is 0.926. The third-order valence-corrected chi connectivity index (χ3v) is 20.7. The first-order valence-corrected chi connectivity index (χ1v) is 33.7. The third-order valence-electron chi connectivity index (χ3n) is 20.7. The molecule has 0 bridgehead atoms. The Bertz CT molecular complexity index is 4800. The molecule has 2 aliphatic carbocycles. The van der Waals surface area contributed by atoms with Crippen LogP contribution < -0.4 is 9.80 Å². The van der Waals surface area contributed by atoms with Gasteiger partial charge < -0.3 is 14.4 Å². The van der Waals surface area contributed by atoms with Crippen LogP contribution in [0.15, 0.2) is 315 Å². The van der Waals surface area contributed by atoms with Crippen LogP contribution in [0.4, 0.5) is 34.1 Å². The van der Waals surface area contributed by atoms with E-state index >= 15 is 0 Å². The maximum Gasteiger partial charge on any atom is 0.0713 e. The van der Waals surface area contributed by atoms with E-state index in [9.17, 15) is 0 Å². The third kappa shape index (κ3) is 9.60. The van der Waals surface area contributed by atoms with E-state index < -0.39 is 10.8 Å². The van der Waals surface area contributed by atoms with Gasteiger partial charge in [0.05, 0.1) is 21.9 Å². The van der Waals surface area contributed by atoms with Crippen LogP contribution in [0, 0.1) is 0 Å². The van der Waals surface area contributed by atoms with E-state index in [-0.39, 0.29) is 16.2 Å².